The molecule has 8 heteroatoms. The topological polar surface area (TPSA) is 70.2 Å². The minimum atomic E-state index is -4.36. The first-order chi connectivity index (χ1) is 9.81. The lowest BCUT2D eigenvalue weighted by Crippen LogP contribution is -2.35. The zero-order valence-corrected chi connectivity index (χ0v) is 11.4. The summed E-state index contributed by atoms with van der Waals surface area (Å²) < 4.78 is 35.8. The molecule has 0 fully saturated rings. The van der Waals surface area contributed by atoms with Gasteiger partial charge in [0.05, 0.1) is 19.5 Å². The van der Waals surface area contributed by atoms with Crippen LogP contribution in [0.5, 0.6) is 0 Å². The highest BCUT2D eigenvalue weighted by Crippen LogP contribution is 2.15. The second-order valence-electron chi connectivity index (χ2n) is 4.27. The van der Waals surface area contributed by atoms with Crippen molar-refractivity contribution >= 4 is 17.5 Å². The van der Waals surface area contributed by atoms with Crippen LogP contribution in [0.4, 0.5) is 18.9 Å². The summed E-state index contributed by atoms with van der Waals surface area (Å²) in [6.45, 7) is -1.70. The van der Waals surface area contributed by atoms with Crippen molar-refractivity contribution < 1.29 is 22.8 Å². The maximum Gasteiger partial charge on any atom is 0.401 e. The molecule has 0 unspecified atom stereocenters. The van der Waals surface area contributed by atoms with Crippen LogP contribution in [0.2, 0.25) is 0 Å². The van der Waals surface area contributed by atoms with Gasteiger partial charge < -0.3 is 16.0 Å². The molecule has 1 aromatic carbocycles. The van der Waals surface area contributed by atoms with Crippen molar-refractivity contribution in [3.63, 3.8) is 0 Å². The minimum absolute atomic E-state index is 0.0724. The van der Waals surface area contributed by atoms with Crippen LogP contribution in [0.3, 0.4) is 0 Å². The van der Waals surface area contributed by atoms with Gasteiger partial charge in [0, 0.05) is 12.7 Å². The average Bonchev–Trinajstić information content (AvgIpc) is 2.39. The summed E-state index contributed by atoms with van der Waals surface area (Å²) >= 11 is 0. The van der Waals surface area contributed by atoms with E-state index in [4.69, 9.17) is 0 Å². The normalized spacial score (nSPS) is 11.0. The number of hydrogen-bond acceptors (Lipinski definition) is 3. The van der Waals surface area contributed by atoms with Crippen molar-refractivity contribution in [1.29, 1.82) is 0 Å². The zero-order valence-electron chi connectivity index (χ0n) is 11.4. The molecule has 5 nitrogen and oxygen atoms in total. The van der Waals surface area contributed by atoms with Crippen molar-refractivity contribution in [3.8, 4) is 0 Å². The molecule has 0 aliphatic carbocycles. The number of anilines is 1. The lowest BCUT2D eigenvalue weighted by atomic mass is 10.1. The van der Waals surface area contributed by atoms with Crippen molar-refractivity contribution in [2.75, 3.05) is 25.5 Å². The monoisotopic (exact) mass is 303 g/mol. The van der Waals surface area contributed by atoms with Gasteiger partial charge in [0.25, 0.3) is 0 Å². The van der Waals surface area contributed by atoms with Crippen LogP contribution in [0.1, 0.15) is 5.56 Å². The van der Waals surface area contributed by atoms with Crippen LogP contribution in [0.15, 0.2) is 24.3 Å². The molecule has 0 radical (unpaired) electrons. The first kappa shape index (κ1) is 17.0. The zero-order chi connectivity index (χ0) is 15.9. The maximum atomic E-state index is 11.9. The van der Waals surface area contributed by atoms with Crippen LogP contribution in [0, 0.1) is 0 Å². The molecule has 0 atom stereocenters. The Bertz CT molecular complexity index is 504. The van der Waals surface area contributed by atoms with Crippen LogP contribution in [0.25, 0.3) is 0 Å². The standard InChI is InChI=1S/C13H16F3N3O2/c1-17-11(20)6-9-4-2-3-5-10(9)19-12(21)7-18-8-13(14,15)16/h2-5,18H,6-8H2,1H3,(H,17,20)(H,19,21). The summed E-state index contributed by atoms with van der Waals surface area (Å²) in [4.78, 5) is 22.9. The summed E-state index contributed by atoms with van der Waals surface area (Å²) in [5.74, 6) is -0.837. The highest BCUT2D eigenvalue weighted by Gasteiger charge is 2.26. The SMILES string of the molecule is CNC(=O)Cc1ccccc1NC(=O)CNCC(F)(F)F. The minimum Gasteiger partial charge on any atom is -0.359 e. The summed E-state index contributed by atoms with van der Waals surface area (Å²) in [6, 6.07) is 6.61. The number of hydrogen-bond donors (Lipinski definition) is 3. The fourth-order valence-corrected chi connectivity index (χ4v) is 1.57. The molecule has 0 spiro atoms. The van der Waals surface area contributed by atoms with E-state index in [1.54, 1.807) is 24.3 Å². The van der Waals surface area contributed by atoms with Gasteiger partial charge in [0.2, 0.25) is 11.8 Å². The fourth-order valence-electron chi connectivity index (χ4n) is 1.57. The number of rotatable bonds is 6. The van der Waals surface area contributed by atoms with Gasteiger partial charge in [0.1, 0.15) is 0 Å². The predicted molar refractivity (Wildman–Crippen MR) is 71.8 cm³/mol. The fraction of sp³-hybridized carbons (Fsp3) is 0.385. The predicted octanol–water partition coefficient (Wildman–Crippen LogP) is 1.07. The van der Waals surface area contributed by atoms with Crippen LogP contribution in [-0.2, 0) is 16.0 Å². The van der Waals surface area contributed by atoms with Gasteiger partial charge in [0.15, 0.2) is 0 Å². The smallest absolute Gasteiger partial charge is 0.359 e. The molecular formula is C13H16F3N3O2. The lowest BCUT2D eigenvalue weighted by molar-refractivity contribution is -0.127. The van der Waals surface area contributed by atoms with Crippen molar-refractivity contribution in [1.82, 2.24) is 10.6 Å². The molecule has 0 aromatic heterocycles. The Morgan fingerprint density at radius 3 is 2.43 bits per heavy atom. The molecule has 1 aromatic rings. The largest absolute Gasteiger partial charge is 0.401 e. The van der Waals surface area contributed by atoms with E-state index >= 15 is 0 Å². The number of nitrogens with one attached hydrogen (secondary N) is 3. The van der Waals surface area contributed by atoms with Gasteiger partial charge in [-0.2, -0.15) is 13.2 Å². The molecule has 0 saturated heterocycles. The third-order valence-electron chi connectivity index (χ3n) is 2.53. The average molecular weight is 303 g/mol. The number of likely N-dealkylation sites (N-methyl/N-ethyl adjacent to an activating group) is 1. The summed E-state index contributed by atoms with van der Waals surface area (Å²) in [6.07, 6.45) is -4.29. The van der Waals surface area contributed by atoms with Gasteiger partial charge in [-0.15, -0.1) is 0 Å². The highest BCUT2D eigenvalue weighted by atomic mass is 19.4. The molecule has 0 bridgehead atoms. The maximum absolute atomic E-state index is 11.9. The molecule has 0 heterocycles. The van der Waals surface area contributed by atoms with E-state index in [0.717, 1.165) is 0 Å². The molecular weight excluding hydrogens is 287 g/mol. The van der Waals surface area contributed by atoms with E-state index in [9.17, 15) is 22.8 Å². The summed E-state index contributed by atoms with van der Waals surface area (Å²) in [5.41, 5.74) is 0.987. The van der Waals surface area contributed by atoms with E-state index in [0.29, 0.717) is 11.3 Å². The first-order valence-corrected chi connectivity index (χ1v) is 6.17. The number of benzene rings is 1. The third kappa shape index (κ3) is 6.75. The van der Waals surface area contributed by atoms with Crippen molar-refractivity contribution in [3.05, 3.63) is 29.8 Å². The Morgan fingerprint density at radius 1 is 1.14 bits per heavy atom. The summed E-state index contributed by atoms with van der Waals surface area (Å²) in [7, 11) is 1.49. The first-order valence-electron chi connectivity index (χ1n) is 6.17. The molecule has 2 amide bonds. The van der Waals surface area contributed by atoms with Crippen molar-refractivity contribution in [2.24, 2.45) is 0 Å². The van der Waals surface area contributed by atoms with Gasteiger partial charge in [-0.25, -0.2) is 0 Å². The van der Waals surface area contributed by atoms with Gasteiger partial charge in [-0.3, -0.25) is 9.59 Å². The molecule has 21 heavy (non-hydrogen) atoms. The Morgan fingerprint density at radius 2 is 1.81 bits per heavy atom. The summed E-state index contributed by atoms with van der Waals surface area (Å²) in [5, 5.41) is 6.93. The lowest BCUT2D eigenvalue weighted by Gasteiger charge is -2.12. The van der Waals surface area contributed by atoms with Gasteiger partial charge >= 0.3 is 6.18 Å². The number of alkyl halides is 3. The molecule has 0 aliphatic heterocycles. The number of carbonyl (C=O) groups excluding carboxylic acids is 2. The van der Waals surface area contributed by atoms with E-state index in [1.165, 1.54) is 7.05 Å². The second-order valence-corrected chi connectivity index (χ2v) is 4.27. The number of halogens is 3. The Labute approximate surface area is 119 Å². The number of carbonyl (C=O) groups is 2. The highest BCUT2D eigenvalue weighted by molar-refractivity contribution is 5.93. The van der Waals surface area contributed by atoms with Crippen LogP contribution < -0.4 is 16.0 Å². The quantitative estimate of drug-likeness (QED) is 0.736. The Balaban J connectivity index is 2.57. The molecule has 116 valence electrons. The molecule has 3 N–H and O–H groups in total. The van der Waals surface area contributed by atoms with Crippen LogP contribution >= 0.6 is 0 Å². The Hall–Kier alpha value is -2.09. The second kappa shape index (κ2) is 7.63. The molecule has 0 saturated carbocycles. The van der Waals surface area contributed by atoms with E-state index < -0.39 is 25.2 Å². The van der Waals surface area contributed by atoms with E-state index in [-0.39, 0.29) is 12.3 Å². The van der Waals surface area contributed by atoms with Crippen molar-refractivity contribution in [2.45, 2.75) is 12.6 Å². The molecule has 0 aliphatic rings. The van der Waals surface area contributed by atoms with E-state index in [1.807, 2.05) is 5.32 Å². The molecule has 1 rings (SSSR count). The Kier molecular flexibility index (Phi) is 6.16. The third-order valence-corrected chi connectivity index (χ3v) is 2.53. The number of para-hydroxylation sites is 1. The number of amides is 2. The van der Waals surface area contributed by atoms with Gasteiger partial charge in [-0.05, 0) is 11.6 Å². The van der Waals surface area contributed by atoms with Gasteiger partial charge in [-0.1, -0.05) is 18.2 Å². The van der Waals surface area contributed by atoms with E-state index in [2.05, 4.69) is 10.6 Å². The van der Waals surface area contributed by atoms with Crippen LogP contribution in [-0.4, -0.2) is 38.1 Å².